The van der Waals surface area contributed by atoms with Crippen molar-refractivity contribution >= 4 is 10.0 Å². The highest BCUT2D eigenvalue weighted by molar-refractivity contribution is 7.89. The second kappa shape index (κ2) is 6.84. The quantitative estimate of drug-likeness (QED) is 0.707. The lowest BCUT2D eigenvalue weighted by Gasteiger charge is -2.09. The molecule has 2 aromatic carbocycles. The summed E-state index contributed by atoms with van der Waals surface area (Å²) in [4.78, 5) is -0.960. The zero-order chi connectivity index (χ0) is 19.9. The van der Waals surface area contributed by atoms with Gasteiger partial charge in [0, 0.05) is 11.1 Å². The van der Waals surface area contributed by atoms with Crippen LogP contribution >= 0.6 is 0 Å². The second-order valence-corrected chi connectivity index (χ2v) is 7.70. The Hall–Kier alpha value is -2.62. The van der Waals surface area contributed by atoms with Gasteiger partial charge >= 0.3 is 0 Å². The maximum atomic E-state index is 14.7. The van der Waals surface area contributed by atoms with E-state index in [1.165, 1.54) is 0 Å². The van der Waals surface area contributed by atoms with Crippen LogP contribution in [0.4, 0.5) is 8.78 Å². The second-order valence-electron chi connectivity index (χ2n) is 6.17. The highest BCUT2D eigenvalue weighted by Crippen LogP contribution is 2.38. The number of nitrogens with zero attached hydrogens (tertiary/aromatic N) is 1. The minimum absolute atomic E-state index is 0.0415. The molecule has 0 bridgehead atoms. The van der Waals surface area contributed by atoms with Gasteiger partial charge in [0.2, 0.25) is 10.0 Å². The van der Waals surface area contributed by atoms with E-state index in [2.05, 4.69) is 5.16 Å². The zero-order valence-electron chi connectivity index (χ0n) is 14.5. The molecule has 0 unspecified atom stereocenters. The molecule has 3 aromatic rings. The molecule has 3 rings (SSSR count). The van der Waals surface area contributed by atoms with Crippen molar-refractivity contribution < 1.29 is 26.8 Å². The highest BCUT2D eigenvalue weighted by atomic mass is 32.2. The van der Waals surface area contributed by atoms with Crippen LogP contribution in [0.15, 0.2) is 39.8 Å². The Bertz CT molecular complexity index is 1120. The topological polar surface area (TPSA) is 106 Å². The number of nitrogens with two attached hydrogens (primary N) is 1. The van der Waals surface area contributed by atoms with E-state index in [9.17, 15) is 22.3 Å². The lowest BCUT2D eigenvalue weighted by Crippen LogP contribution is -2.14. The molecule has 1 heterocycles. The Morgan fingerprint density at radius 1 is 1.07 bits per heavy atom. The van der Waals surface area contributed by atoms with Crippen LogP contribution in [0.5, 0.6) is 0 Å². The van der Waals surface area contributed by atoms with E-state index in [4.69, 9.17) is 9.66 Å². The van der Waals surface area contributed by atoms with Crippen molar-refractivity contribution in [3.8, 4) is 22.4 Å². The third-order valence-corrected chi connectivity index (χ3v) is 4.92. The van der Waals surface area contributed by atoms with E-state index >= 15 is 0 Å². The lowest BCUT2D eigenvalue weighted by molar-refractivity contribution is 0.230. The highest BCUT2D eigenvalue weighted by Gasteiger charge is 2.25. The summed E-state index contributed by atoms with van der Waals surface area (Å²) in [5.41, 5.74) is 2.37. The van der Waals surface area contributed by atoms with Crippen LogP contribution in [0.1, 0.15) is 16.9 Å². The van der Waals surface area contributed by atoms with Crippen LogP contribution in [0.25, 0.3) is 22.4 Å². The number of aryl methyl sites for hydroxylation is 2. The molecule has 0 spiro atoms. The first-order chi connectivity index (χ1) is 12.6. The number of benzene rings is 2. The van der Waals surface area contributed by atoms with Gasteiger partial charge in [0.25, 0.3) is 0 Å². The summed E-state index contributed by atoms with van der Waals surface area (Å²) in [7, 11) is -4.43. The molecule has 142 valence electrons. The molecule has 0 aliphatic carbocycles. The van der Waals surface area contributed by atoms with Gasteiger partial charge in [-0.3, -0.25) is 0 Å². The number of hydrogen-bond acceptors (Lipinski definition) is 5. The van der Waals surface area contributed by atoms with Crippen LogP contribution in [0.2, 0.25) is 0 Å². The predicted octanol–water partition coefficient (Wildman–Crippen LogP) is 3.04. The zero-order valence-corrected chi connectivity index (χ0v) is 15.3. The number of primary sulfonamides is 1. The van der Waals surface area contributed by atoms with Crippen molar-refractivity contribution in [3.05, 3.63) is 58.9 Å². The maximum Gasteiger partial charge on any atom is 0.241 e. The Balaban J connectivity index is 2.29. The van der Waals surface area contributed by atoms with Gasteiger partial charge in [0.15, 0.2) is 5.76 Å². The van der Waals surface area contributed by atoms with Gasteiger partial charge in [0.1, 0.15) is 28.8 Å². The fourth-order valence-corrected chi connectivity index (χ4v) is 3.55. The Kier molecular flexibility index (Phi) is 4.85. The van der Waals surface area contributed by atoms with Gasteiger partial charge in [-0.2, -0.15) is 0 Å². The Labute approximate surface area is 154 Å². The van der Waals surface area contributed by atoms with E-state index in [-0.39, 0.29) is 22.6 Å². The first-order valence-electron chi connectivity index (χ1n) is 7.82. The van der Waals surface area contributed by atoms with Crippen LogP contribution in [0.3, 0.4) is 0 Å². The average Bonchev–Trinajstić information content (AvgIpc) is 2.98. The fourth-order valence-electron chi connectivity index (χ4n) is 2.96. The minimum Gasteiger partial charge on any atom is -0.388 e. The fraction of sp³-hybridized carbons (Fsp3) is 0.167. The van der Waals surface area contributed by atoms with Gasteiger partial charge in [-0.05, 0) is 38.1 Å². The SMILES string of the molecule is Cc1cc(C)cc(-c2noc(CO)c2-c2cc(F)c(S(N)(=O)=O)cc2F)c1. The lowest BCUT2D eigenvalue weighted by atomic mass is 9.96. The number of sulfonamides is 1. The molecule has 27 heavy (non-hydrogen) atoms. The molecule has 1 aromatic heterocycles. The van der Waals surface area contributed by atoms with E-state index in [0.29, 0.717) is 17.7 Å². The molecule has 0 saturated carbocycles. The summed E-state index contributed by atoms with van der Waals surface area (Å²) in [6.07, 6.45) is 0. The maximum absolute atomic E-state index is 14.7. The minimum atomic E-state index is -4.43. The third kappa shape index (κ3) is 3.61. The van der Waals surface area contributed by atoms with E-state index in [1.807, 2.05) is 19.9 Å². The molecule has 0 saturated heterocycles. The van der Waals surface area contributed by atoms with Crippen LogP contribution in [-0.2, 0) is 16.6 Å². The van der Waals surface area contributed by atoms with Crippen molar-refractivity contribution in [2.24, 2.45) is 5.14 Å². The van der Waals surface area contributed by atoms with Gasteiger partial charge < -0.3 is 9.63 Å². The monoisotopic (exact) mass is 394 g/mol. The molecule has 9 heteroatoms. The smallest absolute Gasteiger partial charge is 0.241 e. The van der Waals surface area contributed by atoms with Crippen molar-refractivity contribution in [2.75, 3.05) is 0 Å². The van der Waals surface area contributed by atoms with Crippen LogP contribution in [-0.4, -0.2) is 18.7 Å². The van der Waals surface area contributed by atoms with E-state index in [0.717, 1.165) is 11.1 Å². The number of halogens is 2. The first-order valence-corrected chi connectivity index (χ1v) is 9.36. The number of aromatic nitrogens is 1. The van der Waals surface area contributed by atoms with E-state index < -0.39 is 33.2 Å². The Morgan fingerprint density at radius 2 is 1.70 bits per heavy atom. The summed E-state index contributed by atoms with van der Waals surface area (Å²) < 4.78 is 56.8. The largest absolute Gasteiger partial charge is 0.388 e. The van der Waals surface area contributed by atoms with E-state index in [1.54, 1.807) is 12.1 Å². The predicted molar refractivity (Wildman–Crippen MR) is 94.1 cm³/mol. The van der Waals surface area contributed by atoms with Crippen molar-refractivity contribution in [3.63, 3.8) is 0 Å². The molecule has 6 nitrogen and oxygen atoms in total. The van der Waals surface area contributed by atoms with Crippen LogP contribution in [0, 0.1) is 25.5 Å². The van der Waals surface area contributed by atoms with Gasteiger partial charge in [-0.15, -0.1) is 0 Å². The number of rotatable bonds is 4. The van der Waals surface area contributed by atoms with Crippen molar-refractivity contribution in [2.45, 2.75) is 25.3 Å². The molecular formula is C18H16F2N2O4S. The molecule has 0 amide bonds. The van der Waals surface area contributed by atoms with Crippen LogP contribution < -0.4 is 5.14 Å². The van der Waals surface area contributed by atoms with Crippen molar-refractivity contribution in [1.29, 1.82) is 0 Å². The van der Waals surface area contributed by atoms with Crippen molar-refractivity contribution in [1.82, 2.24) is 5.16 Å². The third-order valence-electron chi connectivity index (χ3n) is 4.00. The molecule has 0 aliphatic heterocycles. The normalized spacial score (nSPS) is 11.8. The van der Waals surface area contributed by atoms with Gasteiger partial charge in [-0.1, -0.05) is 22.3 Å². The number of aliphatic hydroxyl groups is 1. The molecule has 0 atom stereocenters. The molecule has 0 radical (unpaired) electrons. The average molecular weight is 394 g/mol. The van der Waals surface area contributed by atoms with Gasteiger partial charge in [0.05, 0.1) is 5.56 Å². The number of hydrogen-bond donors (Lipinski definition) is 2. The molecule has 0 fully saturated rings. The summed E-state index contributed by atoms with van der Waals surface area (Å²) >= 11 is 0. The molecular weight excluding hydrogens is 378 g/mol. The van der Waals surface area contributed by atoms with Gasteiger partial charge in [-0.25, -0.2) is 22.3 Å². The summed E-state index contributed by atoms with van der Waals surface area (Å²) in [6, 6.07) is 6.69. The first kappa shape index (κ1) is 19.2. The molecule has 3 N–H and O–H groups in total. The summed E-state index contributed by atoms with van der Waals surface area (Å²) in [5, 5.41) is 18.3. The summed E-state index contributed by atoms with van der Waals surface area (Å²) in [6.45, 7) is 3.12. The Morgan fingerprint density at radius 3 is 2.26 bits per heavy atom. The standard InChI is InChI=1S/C18H16F2N2O4S/c1-9-3-10(2)5-11(4-9)18-17(15(8-23)26-22-18)12-6-14(20)16(7-13(12)19)27(21,24)25/h3-7,23H,8H2,1-2H3,(H2,21,24,25). The molecule has 0 aliphatic rings. The summed E-state index contributed by atoms with van der Waals surface area (Å²) in [5.74, 6) is -2.33. The number of aliphatic hydroxyl groups excluding tert-OH is 1.